The molecule has 0 aromatic carbocycles. The van der Waals surface area contributed by atoms with E-state index in [9.17, 15) is 0 Å². The topological polar surface area (TPSA) is 27.6 Å². The zero-order valence-electron chi connectivity index (χ0n) is 9.37. The average molecular weight is 302 g/mol. The van der Waals surface area contributed by atoms with Gasteiger partial charge in [-0.05, 0) is 45.8 Å². The van der Waals surface area contributed by atoms with E-state index in [0.717, 1.165) is 25.6 Å². The Morgan fingerprint density at radius 2 is 2.31 bits per heavy atom. The molecule has 0 bridgehead atoms. The molecule has 1 aromatic heterocycles. The molecular weight excluding hydrogens is 286 g/mol. The summed E-state index contributed by atoms with van der Waals surface area (Å²) in [6, 6.07) is 2.15. The molecule has 5 heteroatoms. The highest BCUT2D eigenvalue weighted by atomic mass is 79.9. The zero-order valence-corrected chi connectivity index (χ0v) is 11.8. The Morgan fingerprint density at radius 1 is 1.56 bits per heavy atom. The molecule has 0 spiro atoms. The molecule has 2 heterocycles. The monoisotopic (exact) mass is 301 g/mol. The molecule has 1 aliphatic rings. The summed E-state index contributed by atoms with van der Waals surface area (Å²) in [6.07, 6.45) is 2.56. The number of nitrogens with one attached hydrogen (secondary N) is 1. The predicted octanol–water partition coefficient (Wildman–Crippen LogP) is 2.68. The molecule has 1 N–H and O–H groups in total. The molecule has 16 heavy (non-hydrogen) atoms. The summed E-state index contributed by atoms with van der Waals surface area (Å²) < 4.78 is 1.18. The van der Waals surface area contributed by atoms with Gasteiger partial charge in [-0.3, -0.25) is 4.99 Å². The van der Waals surface area contributed by atoms with Crippen LogP contribution in [0.1, 0.15) is 18.4 Å². The number of hydrogen-bond donors (Lipinski definition) is 1. The van der Waals surface area contributed by atoms with Crippen LogP contribution in [-0.2, 0) is 6.54 Å². The van der Waals surface area contributed by atoms with Gasteiger partial charge in [-0.25, -0.2) is 0 Å². The van der Waals surface area contributed by atoms with Gasteiger partial charge in [-0.1, -0.05) is 0 Å². The number of likely N-dealkylation sites (tertiary alicyclic amines) is 1. The number of rotatable bonds is 2. The van der Waals surface area contributed by atoms with Crippen LogP contribution in [0, 0.1) is 0 Å². The Balaban J connectivity index is 1.88. The van der Waals surface area contributed by atoms with E-state index in [1.165, 1.54) is 22.2 Å². The van der Waals surface area contributed by atoms with Gasteiger partial charge in [0.05, 0.1) is 3.79 Å². The second kappa shape index (κ2) is 5.68. The lowest BCUT2D eigenvalue weighted by atomic mass is 10.3. The smallest absolute Gasteiger partial charge is 0.193 e. The van der Waals surface area contributed by atoms with Crippen LogP contribution in [0.15, 0.2) is 20.2 Å². The van der Waals surface area contributed by atoms with E-state index in [4.69, 9.17) is 0 Å². The van der Waals surface area contributed by atoms with Crippen LogP contribution in [0.2, 0.25) is 0 Å². The Kier molecular flexibility index (Phi) is 4.23. The van der Waals surface area contributed by atoms with Gasteiger partial charge in [0.2, 0.25) is 0 Å². The molecule has 1 fully saturated rings. The first kappa shape index (κ1) is 11.9. The first-order valence-corrected chi connectivity index (χ1v) is 7.15. The van der Waals surface area contributed by atoms with Crippen LogP contribution >= 0.6 is 27.3 Å². The fourth-order valence-corrected chi connectivity index (χ4v) is 3.09. The van der Waals surface area contributed by atoms with Crippen molar-refractivity contribution in [2.45, 2.75) is 19.4 Å². The third-order valence-corrected chi connectivity index (χ3v) is 4.24. The summed E-state index contributed by atoms with van der Waals surface area (Å²) >= 11 is 5.19. The highest BCUT2D eigenvalue weighted by Gasteiger charge is 2.15. The molecular formula is C11H16BrN3S. The third kappa shape index (κ3) is 2.98. The minimum atomic E-state index is 0.852. The second-order valence-electron chi connectivity index (χ2n) is 3.85. The lowest BCUT2D eigenvalue weighted by Crippen LogP contribution is -2.39. The molecule has 0 aliphatic carbocycles. The lowest BCUT2D eigenvalue weighted by Gasteiger charge is -2.20. The number of halogens is 1. The van der Waals surface area contributed by atoms with Crippen LogP contribution in [0.25, 0.3) is 0 Å². The van der Waals surface area contributed by atoms with E-state index in [1.54, 1.807) is 11.3 Å². The summed E-state index contributed by atoms with van der Waals surface area (Å²) in [5.74, 6) is 1.03. The van der Waals surface area contributed by atoms with Crippen LogP contribution in [0.5, 0.6) is 0 Å². The van der Waals surface area contributed by atoms with E-state index in [2.05, 4.69) is 42.6 Å². The van der Waals surface area contributed by atoms with Crippen LogP contribution in [-0.4, -0.2) is 31.0 Å². The molecule has 1 aromatic rings. The van der Waals surface area contributed by atoms with Crippen molar-refractivity contribution in [2.24, 2.45) is 4.99 Å². The van der Waals surface area contributed by atoms with Crippen LogP contribution < -0.4 is 5.32 Å². The minimum Gasteiger partial charge on any atom is -0.352 e. The van der Waals surface area contributed by atoms with Gasteiger partial charge in [0.25, 0.3) is 0 Å². The van der Waals surface area contributed by atoms with Crippen molar-refractivity contribution in [2.75, 3.05) is 20.1 Å². The zero-order chi connectivity index (χ0) is 11.4. The standard InChI is InChI=1S/C11H16BrN3S/c1-13-11(15-4-2-3-5-15)14-7-9-6-10(12)16-8-9/h6,8H,2-5,7H2,1H3,(H,13,14). The maximum atomic E-state index is 4.32. The molecule has 1 aliphatic heterocycles. The summed E-state index contributed by atoms with van der Waals surface area (Å²) in [7, 11) is 1.85. The van der Waals surface area contributed by atoms with Crippen molar-refractivity contribution in [1.29, 1.82) is 0 Å². The maximum absolute atomic E-state index is 4.32. The fraction of sp³-hybridized carbons (Fsp3) is 0.545. The molecule has 0 radical (unpaired) electrons. The van der Waals surface area contributed by atoms with E-state index in [0.29, 0.717) is 0 Å². The Labute approximate surface area is 109 Å². The van der Waals surface area contributed by atoms with Gasteiger partial charge < -0.3 is 10.2 Å². The molecule has 3 nitrogen and oxygen atoms in total. The predicted molar refractivity (Wildman–Crippen MR) is 73.0 cm³/mol. The van der Waals surface area contributed by atoms with Gasteiger partial charge in [0.15, 0.2) is 5.96 Å². The highest BCUT2D eigenvalue weighted by Crippen LogP contribution is 2.20. The Morgan fingerprint density at radius 3 is 2.88 bits per heavy atom. The van der Waals surface area contributed by atoms with Gasteiger partial charge in [-0.15, -0.1) is 11.3 Å². The SMILES string of the molecule is CN=C(NCc1csc(Br)c1)N1CCCC1. The first-order chi connectivity index (χ1) is 7.79. The maximum Gasteiger partial charge on any atom is 0.193 e. The number of guanidine groups is 1. The van der Waals surface area contributed by atoms with Crippen molar-refractivity contribution in [3.05, 3.63) is 20.8 Å². The van der Waals surface area contributed by atoms with Crippen molar-refractivity contribution in [3.63, 3.8) is 0 Å². The van der Waals surface area contributed by atoms with E-state index in [1.807, 2.05) is 7.05 Å². The fourth-order valence-electron chi connectivity index (χ4n) is 1.88. The number of aliphatic imine (C=N–C) groups is 1. The van der Waals surface area contributed by atoms with E-state index >= 15 is 0 Å². The molecule has 0 atom stereocenters. The Bertz CT molecular complexity index is 369. The number of thiophene rings is 1. The van der Waals surface area contributed by atoms with Gasteiger partial charge in [0, 0.05) is 26.7 Å². The second-order valence-corrected chi connectivity index (χ2v) is 6.14. The van der Waals surface area contributed by atoms with E-state index in [-0.39, 0.29) is 0 Å². The van der Waals surface area contributed by atoms with Gasteiger partial charge >= 0.3 is 0 Å². The average Bonchev–Trinajstić information content (AvgIpc) is 2.91. The van der Waals surface area contributed by atoms with Crippen molar-refractivity contribution in [3.8, 4) is 0 Å². The van der Waals surface area contributed by atoms with Crippen molar-refractivity contribution >= 4 is 33.2 Å². The largest absolute Gasteiger partial charge is 0.352 e. The van der Waals surface area contributed by atoms with Gasteiger partial charge in [-0.2, -0.15) is 0 Å². The normalized spacial score (nSPS) is 16.9. The van der Waals surface area contributed by atoms with E-state index < -0.39 is 0 Å². The molecule has 0 amide bonds. The molecule has 0 saturated carbocycles. The Hall–Kier alpha value is -0.550. The van der Waals surface area contributed by atoms with Gasteiger partial charge in [0.1, 0.15) is 0 Å². The molecule has 2 rings (SSSR count). The van der Waals surface area contributed by atoms with Crippen molar-refractivity contribution < 1.29 is 0 Å². The summed E-state index contributed by atoms with van der Waals surface area (Å²) in [4.78, 5) is 6.64. The molecule has 0 unspecified atom stereocenters. The molecule has 1 saturated heterocycles. The molecule has 88 valence electrons. The summed E-state index contributed by atoms with van der Waals surface area (Å²) in [6.45, 7) is 3.12. The summed E-state index contributed by atoms with van der Waals surface area (Å²) in [5, 5.41) is 5.56. The third-order valence-electron chi connectivity index (χ3n) is 2.69. The van der Waals surface area contributed by atoms with Crippen LogP contribution in [0.4, 0.5) is 0 Å². The lowest BCUT2D eigenvalue weighted by molar-refractivity contribution is 0.493. The summed E-state index contributed by atoms with van der Waals surface area (Å²) in [5.41, 5.74) is 1.30. The quantitative estimate of drug-likeness (QED) is 0.672. The number of nitrogens with zero attached hydrogens (tertiary/aromatic N) is 2. The first-order valence-electron chi connectivity index (χ1n) is 5.48. The number of hydrogen-bond acceptors (Lipinski definition) is 2. The highest BCUT2D eigenvalue weighted by molar-refractivity contribution is 9.11. The minimum absolute atomic E-state index is 0.852. The van der Waals surface area contributed by atoms with Crippen LogP contribution in [0.3, 0.4) is 0 Å². The van der Waals surface area contributed by atoms with Crippen molar-refractivity contribution in [1.82, 2.24) is 10.2 Å².